The Labute approximate surface area is 168 Å². The van der Waals surface area contributed by atoms with Gasteiger partial charge in [0.15, 0.2) is 5.78 Å². The molecule has 1 heterocycles. The van der Waals surface area contributed by atoms with Gasteiger partial charge in [0.25, 0.3) is 5.91 Å². The van der Waals surface area contributed by atoms with Crippen molar-refractivity contribution in [2.75, 3.05) is 18.5 Å². The molecule has 0 aliphatic rings. The fourth-order valence-corrected chi connectivity index (χ4v) is 3.67. The first-order valence-corrected chi connectivity index (χ1v) is 9.93. The number of ketones is 1. The van der Waals surface area contributed by atoms with Gasteiger partial charge in [0, 0.05) is 0 Å². The van der Waals surface area contributed by atoms with Crippen LogP contribution in [0.4, 0.5) is 15.1 Å². The van der Waals surface area contributed by atoms with E-state index in [1.165, 1.54) is 13.0 Å². The van der Waals surface area contributed by atoms with E-state index in [2.05, 4.69) is 10.8 Å². The lowest BCUT2D eigenvalue weighted by Gasteiger charge is -2.11. The number of aliphatic hydroxyl groups is 1. The molecule has 6 nitrogen and oxygen atoms in total. The first kappa shape index (κ1) is 23.7. The molecule has 1 aromatic carbocycles. The highest BCUT2D eigenvalue weighted by Crippen LogP contribution is 2.37. The highest BCUT2D eigenvalue weighted by Gasteiger charge is 2.25. The minimum absolute atomic E-state index is 0.0632. The summed E-state index contributed by atoms with van der Waals surface area (Å²) in [4.78, 5) is 29.8. The lowest BCUT2D eigenvalue weighted by molar-refractivity contribution is 0.0168. The van der Waals surface area contributed by atoms with Crippen molar-refractivity contribution < 1.29 is 23.9 Å². The number of thiophene rings is 1. The van der Waals surface area contributed by atoms with Crippen LogP contribution in [0.25, 0.3) is 0 Å². The summed E-state index contributed by atoms with van der Waals surface area (Å²) in [6.07, 6.45) is 0.451. The molecule has 0 radical (unpaired) electrons. The third-order valence-corrected chi connectivity index (χ3v) is 4.89. The third kappa shape index (κ3) is 5.85. The molecular weight excluding hydrogens is 383 g/mol. The number of nitrogens with one attached hydrogen (secondary N) is 2. The number of Topliss-reactive ketones (excluding diaryl/α,β-unsaturated/α-hetero) is 1. The average molecular weight is 411 g/mol. The Morgan fingerprint density at radius 1 is 1.29 bits per heavy atom. The minimum Gasteiger partial charge on any atom is -0.394 e. The number of rotatable bonds is 8. The van der Waals surface area contributed by atoms with E-state index >= 15 is 0 Å². The normalized spacial score (nSPS) is 10.1. The van der Waals surface area contributed by atoms with Gasteiger partial charge in [0.1, 0.15) is 10.8 Å². The standard InChI is InChI=1S/C18H21FN2O4S.C2H6/c1-4-12-15(17(24)21-25-8-7-22)18(26-16(12)11(3)23)20-14-6-5-10(2)9-13(14)19;1-2/h5-6,9,20,22H,4,7-8H2,1-3H3,(H,21,24);1-2H3. The number of benzene rings is 1. The molecule has 28 heavy (non-hydrogen) atoms. The van der Waals surface area contributed by atoms with Crippen LogP contribution in [0.1, 0.15) is 58.9 Å². The van der Waals surface area contributed by atoms with E-state index in [0.29, 0.717) is 21.9 Å². The summed E-state index contributed by atoms with van der Waals surface area (Å²) in [6, 6.07) is 4.70. The topological polar surface area (TPSA) is 87.7 Å². The van der Waals surface area contributed by atoms with Gasteiger partial charge in [-0.1, -0.05) is 26.8 Å². The van der Waals surface area contributed by atoms with Crippen molar-refractivity contribution in [1.82, 2.24) is 5.48 Å². The molecule has 0 saturated carbocycles. The predicted octanol–water partition coefficient (Wildman–Crippen LogP) is 4.38. The Kier molecular flexibility index (Phi) is 9.78. The van der Waals surface area contributed by atoms with Crippen LogP contribution >= 0.6 is 11.3 Å². The Balaban J connectivity index is 0.00000190. The van der Waals surface area contributed by atoms with Gasteiger partial charge in [0.05, 0.1) is 29.3 Å². The van der Waals surface area contributed by atoms with Crippen molar-refractivity contribution >= 4 is 33.7 Å². The molecule has 1 amide bonds. The molecule has 0 aliphatic carbocycles. The minimum atomic E-state index is -0.561. The van der Waals surface area contributed by atoms with Crippen molar-refractivity contribution in [3.8, 4) is 0 Å². The molecule has 0 spiro atoms. The first-order chi connectivity index (χ1) is 13.4. The van der Waals surface area contributed by atoms with Gasteiger partial charge in [-0.25, -0.2) is 9.87 Å². The van der Waals surface area contributed by atoms with Crippen LogP contribution < -0.4 is 10.8 Å². The zero-order chi connectivity index (χ0) is 21.3. The quantitative estimate of drug-likeness (QED) is 0.341. The molecule has 0 fully saturated rings. The summed E-state index contributed by atoms with van der Waals surface area (Å²) < 4.78 is 14.2. The van der Waals surface area contributed by atoms with E-state index < -0.39 is 11.7 Å². The summed E-state index contributed by atoms with van der Waals surface area (Å²) in [7, 11) is 0. The number of carbonyl (C=O) groups is 2. The number of hydrogen-bond donors (Lipinski definition) is 3. The number of aliphatic hydroxyl groups excluding tert-OH is 1. The summed E-state index contributed by atoms with van der Waals surface area (Å²) in [5.41, 5.74) is 4.03. The molecule has 154 valence electrons. The molecule has 0 atom stereocenters. The van der Waals surface area contributed by atoms with Crippen LogP contribution in [-0.2, 0) is 11.3 Å². The number of aryl methyl sites for hydroxylation is 1. The number of hydrogen-bond acceptors (Lipinski definition) is 6. The van der Waals surface area contributed by atoms with E-state index in [4.69, 9.17) is 9.94 Å². The Bertz CT molecular complexity index is 821. The molecule has 2 rings (SSSR count). The van der Waals surface area contributed by atoms with E-state index in [1.54, 1.807) is 19.1 Å². The summed E-state index contributed by atoms with van der Waals surface area (Å²) >= 11 is 1.10. The summed E-state index contributed by atoms with van der Waals surface area (Å²) in [5, 5.41) is 12.0. The fraction of sp³-hybridized carbons (Fsp3) is 0.400. The number of amides is 1. The first-order valence-electron chi connectivity index (χ1n) is 9.11. The van der Waals surface area contributed by atoms with Crippen LogP contribution in [-0.4, -0.2) is 30.0 Å². The van der Waals surface area contributed by atoms with Crippen molar-refractivity contribution in [2.45, 2.75) is 41.0 Å². The molecular formula is C20H27FN2O4S. The second kappa shape index (κ2) is 11.5. The van der Waals surface area contributed by atoms with E-state index in [0.717, 1.165) is 16.9 Å². The van der Waals surface area contributed by atoms with Crippen LogP contribution in [0, 0.1) is 12.7 Å². The zero-order valence-electron chi connectivity index (χ0n) is 16.8. The smallest absolute Gasteiger partial charge is 0.278 e. The van der Waals surface area contributed by atoms with Crippen LogP contribution in [0.2, 0.25) is 0 Å². The largest absolute Gasteiger partial charge is 0.394 e. The second-order valence-electron chi connectivity index (χ2n) is 5.64. The predicted molar refractivity (Wildman–Crippen MR) is 110 cm³/mol. The van der Waals surface area contributed by atoms with Gasteiger partial charge in [0.2, 0.25) is 0 Å². The number of halogens is 1. The van der Waals surface area contributed by atoms with Crippen molar-refractivity contribution in [2.24, 2.45) is 0 Å². The number of carbonyl (C=O) groups excluding carboxylic acids is 2. The van der Waals surface area contributed by atoms with E-state index in [9.17, 15) is 14.0 Å². The summed E-state index contributed by atoms with van der Waals surface area (Å²) in [5.74, 6) is -1.19. The zero-order valence-corrected chi connectivity index (χ0v) is 17.6. The van der Waals surface area contributed by atoms with Gasteiger partial charge in [-0.2, -0.15) is 0 Å². The Morgan fingerprint density at radius 2 is 1.96 bits per heavy atom. The highest BCUT2D eigenvalue weighted by molar-refractivity contribution is 7.18. The van der Waals surface area contributed by atoms with Gasteiger partial charge >= 0.3 is 0 Å². The van der Waals surface area contributed by atoms with Gasteiger partial charge in [-0.3, -0.25) is 14.4 Å². The molecule has 2 aromatic rings. The molecule has 0 saturated heterocycles. The van der Waals surface area contributed by atoms with Crippen molar-refractivity contribution in [1.29, 1.82) is 0 Å². The lowest BCUT2D eigenvalue weighted by atomic mass is 10.1. The van der Waals surface area contributed by atoms with Crippen molar-refractivity contribution in [3.05, 3.63) is 45.6 Å². The maximum atomic E-state index is 14.2. The highest BCUT2D eigenvalue weighted by atomic mass is 32.1. The third-order valence-electron chi connectivity index (χ3n) is 3.64. The Hall–Kier alpha value is -2.29. The SMILES string of the molecule is CC.CCc1c(C(C)=O)sc(Nc2ccc(C)cc2F)c1C(=O)NOCCO. The Morgan fingerprint density at radius 3 is 2.50 bits per heavy atom. The molecule has 1 aromatic heterocycles. The molecule has 0 unspecified atom stereocenters. The molecule has 0 aliphatic heterocycles. The summed E-state index contributed by atoms with van der Waals surface area (Å²) in [6.45, 7) is 8.72. The fourth-order valence-electron chi connectivity index (χ4n) is 2.47. The van der Waals surface area contributed by atoms with Gasteiger partial charge in [-0.05, 0) is 43.5 Å². The molecule has 8 heteroatoms. The molecule has 3 N–H and O–H groups in total. The van der Waals surface area contributed by atoms with E-state index in [-0.39, 0.29) is 30.2 Å². The monoisotopic (exact) mass is 410 g/mol. The second-order valence-corrected chi connectivity index (χ2v) is 6.66. The van der Waals surface area contributed by atoms with Gasteiger partial charge < -0.3 is 10.4 Å². The van der Waals surface area contributed by atoms with Gasteiger partial charge in [-0.15, -0.1) is 11.3 Å². The van der Waals surface area contributed by atoms with Crippen LogP contribution in [0.15, 0.2) is 18.2 Å². The number of hydroxylamine groups is 1. The average Bonchev–Trinajstić information content (AvgIpc) is 3.04. The lowest BCUT2D eigenvalue weighted by Crippen LogP contribution is -2.26. The number of anilines is 2. The maximum Gasteiger partial charge on any atom is 0.278 e. The van der Waals surface area contributed by atoms with Crippen LogP contribution in [0.5, 0.6) is 0 Å². The molecule has 0 bridgehead atoms. The van der Waals surface area contributed by atoms with Crippen LogP contribution in [0.3, 0.4) is 0 Å². The van der Waals surface area contributed by atoms with E-state index in [1.807, 2.05) is 20.8 Å². The van der Waals surface area contributed by atoms with Crippen molar-refractivity contribution in [3.63, 3.8) is 0 Å². The maximum absolute atomic E-state index is 14.2.